The Kier molecular flexibility index (Phi) is 4.24. The Morgan fingerprint density at radius 3 is 2.89 bits per heavy atom. The molecular formula is C15H21NO2. The predicted octanol–water partition coefficient (Wildman–Crippen LogP) is 2.33. The van der Waals surface area contributed by atoms with E-state index in [1.807, 2.05) is 19.9 Å². The fraction of sp³-hybridized carbons (Fsp3) is 0.533. The van der Waals surface area contributed by atoms with Crippen LogP contribution >= 0.6 is 0 Å². The third-order valence-electron chi connectivity index (χ3n) is 3.26. The number of amides is 1. The van der Waals surface area contributed by atoms with Crippen molar-refractivity contribution in [1.82, 2.24) is 5.32 Å². The molecule has 3 nitrogen and oxygen atoms in total. The van der Waals surface area contributed by atoms with Crippen LogP contribution in [-0.4, -0.2) is 19.1 Å². The average Bonchev–Trinajstić information content (AvgIpc) is 2.81. The third kappa shape index (κ3) is 3.25. The normalized spacial score (nSPS) is 13.5. The van der Waals surface area contributed by atoms with Crippen LogP contribution in [0.25, 0.3) is 0 Å². The average molecular weight is 247 g/mol. The first-order valence-corrected chi connectivity index (χ1v) is 6.69. The van der Waals surface area contributed by atoms with Crippen LogP contribution in [-0.2, 0) is 17.6 Å². The van der Waals surface area contributed by atoms with Gasteiger partial charge in [0.25, 0.3) is 0 Å². The van der Waals surface area contributed by atoms with E-state index in [1.54, 1.807) is 0 Å². The van der Waals surface area contributed by atoms with Crippen molar-refractivity contribution in [2.45, 2.75) is 33.1 Å². The summed E-state index contributed by atoms with van der Waals surface area (Å²) < 4.78 is 5.65. The smallest absolute Gasteiger partial charge is 0.222 e. The molecule has 0 aliphatic heterocycles. The topological polar surface area (TPSA) is 38.3 Å². The number of carbonyl (C=O) groups is 1. The molecule has 1 amide bonds. The van der Waals surface area contributed by atoms with Crippen LogP contribution in [0.3, 0.4) is 0 Å². The van der Waals surface area contributed by atoms with E-state index in [0.717, 1.165) is 12.2 Å². The Balaban J connectivity index is 1.75. The zero-order valence-corrected chi connectivity index (χ0v) is 11.2. The molecule has 1 aliphatic rings. The summed E-state index contributed by atoms with van der Waals surface area (Å²) in [7, 11) is 0. The number of aryl methyl sites for hydroxylation is 2. The largest absolute Gasteiger partial charge is 0.492 e. The molecule has 0 heterocycles. The van der Waals surface area contributed by atoms with Gasteiger partial charge in [0, 0.05) is 5.92 Å². The lowest BCUT2D eigenvalue weighted by Gasteiger charge is -2.10. The number of carbonyl (C=O) groups excluding carboxylic acids is 1. The molecule has 0 fully saturated rings. The van der Waals surface area contributed by atoms with E-state index in [1.165, 1.54) is 24.0 Å². The third-order valence-corrected chi connectivity index (χ3v) is 3.26. The summed E-state index contributed by atoms with van der Waals surface area (Å²) in [5.41, 5.74) is 2.87. The molecule has 0 bridgehead atoms. The number of hydrogen-bond donors (Lipinski definition) is 1. The highest BCUT2D eigenvalue weighted by molar-refractivity contribution is 5.77. The van der Waals surface area contributed by atoms with Crippen molar-refractivity contribution in [2.75, 3.05) is 13.2 Å². The lowest BCUT2D eigenvalue weighted by atomic mass is 10.1. The summed E-state index contributed by atoms with van der Waals surface area (Å²) in [4.78, 5) is 11.3. The molecule has 0 saturated heterocycles. The summed E-state index contributed by atoms with van der Waals surface area (Å²) in [6, 6.07) is 6.31. The highest BCUT2D eigenvalue weighted by Gasteiger charge is 2.11. The van der Waals surface area contributed by atoms with Gasteiger partial charge in [0.15, 0.2) is 0 Å². The Morgan fingerprint density at radius 1 is 1.33 bits per heavy atom. The Bertz CT molecular complexity index is 427. The van der Waals surface area contributed by atoms with Crippen LogP contribution in [0.15, 0.2) is 18.2 Å². The van der Waals surface area contributed by atoms with Crippen LogP contribution < -0.4 is 10.1 Å². The molecule has 2 rings (SSSR count). The van der Waals surface area contributed by atoms with E-state index in [0.29, 0.717) is 13.2 Å². The van der Waals surface area contributed by atoms with Crippen LogP contribution in [0.5, 0.6) is 5.75 Å². The summed E-state index contributed by atoms with van der Waals surface area (Å²) >= 11 is 0. The first-order valence-electron chi connectivity index (χ1n) is 6.69. The van der Waals surface area contributed by atoms with E-state index in [-0.39, 0.29) is 11.8 Å². The van der Waals surface area contributed by atoms with Gasteiger partial charge in [0.2, 0.25) is 5.91 Å². The van der Waals surface area contributed by atoms with Gasteiger partial charge >= 0.3 is 0 Å². The van der Waals surface area contributed by atoms with Crippen LogP contribution in [0.1, 0.15) is 31.4 Å². The second-order valence-electron chi connectivity index (χ2n) is 5.08. The van der Waals surface area contributed by atoms with Crippen molar-refractivity contribution in [3.05, 3.63) is 29.3 Å². The highest BCUT2D eigenvalue weighted by atomic mass is 16.5. The van der Waals surface area contributed by atoms with Crippen molar-refractivity contribution < 1.29 is 9.53 Å². The fourth-order valence-corrected chi connectivity index (χ4v) is 2.19. The van der Waals surface area contributed by atoms with Gasteiger partial charge in [0.1, 0.15) is 12.4 Å². The molecule has 0 spiro atoms. The van der Waals surface area contributed by atoms with E-state index in [4.69, 9.17) is 4.74 Å². The zero-order valence-electron chi connectivity index (χ0n) is 11.2. The standard InChI is InChI=1S/C15H21NO2/c1-11(2)15(17)16-8-9-18-14-7-6-12-4-3-5-13(12)10-14/h6-7,10-11H,3-5,8-9H2,1-2H3,(H,16,17). The van der Waals surface area contributed by atoms with Crippen molar-refractivity contribution >= 4 is 5.91 Å². The monoisotopic (exact) mass is 247 g/mol. The quantitative estimate of drug-likeness (QED) is 0.811. The maximum Gasteiger partial charge on any atom is 0.222 e. The summed E-state index contributed by atoms with van der Waals surface area (Å²) in [6.45, 7) is 4.86. The first-order chi connectivity index (χ1) is 8.66. The lowest BCUT2D eigenvalue weighted by Crippen LogP contribution is -2.31. The van der Waals surface area contributed by atoms with Gasteiger partial charge in [0.05, 0.1) is 6.54 Å². The molecule has 18 heavy (non-hydrogen) atoms. The predicted molar refractivity (Wildman–Crippen MR) is 71.8 cm³/mol. The van der Waals surface area contributed by atoms with Crippen molar-refractivity contribution in [3.8, 4) is 5.75 Å². The second kappa shape index (κ2) is 5.89. The minimum Gasteiger partial charge on any atom is -0.492 e. The number of benzene rings is 1. The van der Waals surface area contributed by atoms with Crippen molar-refractivity contribution in [1.29, 1.82) is 0 Å². The van der Waals surface area contributed by atoms with E-state index >= 15 is 0 Å². The van der Waals surface area contributed by atoms with Crippen molar-refractivity contribution in [3.63, 3.8) is 0 Å². The SMILES string of the molecule is CC(C)C(=O)NCCOc1ccc2c(c1)CCC2. The van der Waals surface area contributed by atoms with E-state index in [2.05, 4.69) is 17.4 Å². The van der Waals surface area contributed by atoms with Crippen LogP contribution in [0.4, 0.5) is 0 Å². The van der Waals surface area contributed by atoms with Crippen molar-refractivity contribution in [2.24, 2.45) is 5.92 Å². The lowest BCUT2D eigenvalue weighted by molar-refractivity contribution is -0.124. The first kappa shape index (κ1) is 12.9. The molecular weight excluding hydrogens is 226 g/mol. The van der Waals surface area contributed by atoms with E-state index < -0.39 is 0 Å². The van der Waals surface area contributed by atoms with Gasteiger partial charge in [-0.2, -0.15) is 0 Å². The Hall–Kier alpha value is -1.51. The summed E-state index contributed by atoms with van der Waals surface area (Å²) in [6.07, 6.45) is 3.61. The molecule has 1 N–H and O–H groups in total. The van der Waals surface area contributed by atoms with Gasteiger partial charge < -0.3 is 10.1 Å². The van der Waals surface area contributed by atoms with Crippen LogP contribution in [0, 0.1) is 5.92 Å². The molecule has 0 saturated carbocycles. The number of fused-ring (bicyclic) bond motifs is 1. The maximum atomic E-state index is 11.3. The van der Waals surface area contributed by atoms with Gasteiger partial charge in [-0.3, -0.25) is 4.79 Å². The fourth-order valence-electron chi connectivity index (χ4n) is 2.19. The van der Waals surface area contributed by atoms with Gasteiger partial charge in [-0.15, -0.1) is 0 Å². The molecule has 98 valence electrons. The number of nitrogens with one attached hydrogen (secondary N) is 1. The maximum absolute atomic E-state index is 11.3. The van der Waals surface area contributed by atoms with Gasteiger partial charge in [-0.25, -0.2) is 0 Å². The molecule has 0 atom stereocenters. The molecule has 0 radical (unpaired) electrons. The van der Waals surface area contributed by atoms with Gasteiger partial charge in [-0.05, 0) is 42.5 Å². The number of rotatable bonds is 5. The second-order valence-corrected chi connectivity index (χ2v) is 5.08. The zero-order chi connectivity index (χ0) is 13.0. The molecule has 1 aromatic rings. The van der Waals surface area contributed by atoms with Crippen LogP contribution in [0.2, 0.25) is 0 Å². The number of ether oxygens (including phenoxy) is 1. The minimum atomic E-state index is 0.0324. The molecule has 1 aliphatic carbocycles. The van der Waals surface area contributed by atoms with Gasteiger partial charge in [-0.1, -0.05) is 19.9 Å². The molecule has 1 aromatic carbocycles. The van der Waals surface area contributed by atoms with E-state index in [9.17, 15) is 4.79 Å². The molecule has 0 aromatic heterocycles. The minimum absolute atomic E-state index is 0.0324. The molecule has 3 heteroatoms. The molecule has 0 unspecified atom stereocenters. The Labute approximate surface area is 109 Å². The summed E-state index contributed by atoms with van der Waals surface area (Å²) in [5, 5.41) is 2.84. The Morgan fingerprint density at radius 2 is 2.11 bits per heavy atom. The number of hydrogen-bond acceptors (Lipinski definition) is 2. The highest BCUT2D eigenvalue weighted by Crippen LogP contribution is 2.25. The summed E-state index contributed by atoms with van der Waals surface area (Å²) in [5.74, 6) is 1.02.